The fourth-order valence-electron chi connectivity index (χ4n) is 5.24. The molecule has 43 heavy (non-hydrogen) atoms. The molecule has 4 rings (SSSR count). The standard InChI is InChI=1S/C32H37Cl2N3O5S/c1-4-30(32(39)35-25-7-5-6-8-25)36(20-23-11-12-24(33)19-29(23)34)31(38)21-37(26-13-9-22(2)10-14-26)43(40,41)28-17-15-27(42-3)16-18-28/h9-19,25,30H,4-8,20-21H2,1-3H3,(H,35,39)/t30-/m1/s1. The Morgan fingerprint density at radius 3 is 2.23 bits per heavy atom. The zero-order valence-corrected chi connectivity index (χ0v) is 26.9. The Bertz CT molecular complexity index is 1530. The van der Waals surface area contributed by atoms with Gasteiger partial charge in [0.2, 0.25) is 11.8 Å². The molecule has 2 amide bonds. The van der Waals surface area contributed by atoms with Gasteiger partial charge < -0.3 is 15.0 Å². The summed E-state index contributed by atoms with van der Waals surface area (Å²) in [6.07, 6.45) is 4.19. The van der Waals surface area contributed by atoms with E-state index in [1.807, 2.05) is 13.8 Å². The van der Waals surface area contributed by atoms with E-state index < -0.39 is 28.5 Å². The lowest BCUT2D eigenvalue weighted by atomic mass is 10.1. The number of carbonyl (C=O) groups excluding carboxylic acids is 2. The Morgan fingerprint density at radius 2 is 1.65 bits per heavy atom. The first-order valence-corrected chi connectivity index (χ1v) is 16.5. The minimum atomic E-state index is -4.19. The molecule has 0 spiro atoms. The number of ether oxygens (including phenoxy) is 1. The summed E-state index contributed by atoms with van der Waals surface area (Å²) in [5.74, 6) is -0.313. The molecule has 230 valence electrons. The van der Waals surface area contributed by atoms with E-state index in [0.717, 1.165) is 35.6 Å². The largest absolute Gasteiger partial charge is 0.497 e. The molecule has 3 aromatic rings. The van der Waals surface area contributed by atoms with Crippen molar-refractivity contribution >= 4 is 50.7 Å². The van der Waals surface area contributed by atoms with Crippen molar-refractivity contribution in [3.8, 4) is 5.75 Å². The summed E-state index contributed by atoms with van der Waals surface area (Å²) in [5.41, 5.74) is 1.85. The van der Waals surface area contributed by atoms with E-state index in [1.165, 1.54) is 24.1 Å². The smallest absolute Gasteiger partial charge is 0.264 e. The van der Waals surface area contributed by atoms with E-state index in [-0.39, 0.29) is 23.4 Å². The van der Waals surface area contributed by atoms with Crippen LogP contribution in [0.3, 0.4) is 0 Å². The number of hydrogen-bond donors (Lipinski definition) is 1. The quantitative estimate of drug-likeness (QED) is 0.247. The summed E-state index contributed by atoms with van der Waals surface area (Å²) < 4.78 is 34.3. The highest BCUT2D eigenvalue weighted by molar-refractivity contribution is 7.92. The topological polar surface area (TPSA) is 96.0 Å². The van der Waals surface area contributed by atoms with Gasteiger partial charge in [-0.2, -0.15) is 0 Å². The van der Waals surface area contributed by atoms with Crippen molar-refractivity contribution in [1.29, 1.82) is 0 Å². The van der Waals surface area contributed by atoms with Crippen LogP contribution in [0.5, 0.6) is 5.75 Å². The minimum Gasteiger partial charge on any atom is -0.497 e. The predicted octanol–water partition coefficient (Wildman–Crippen LogP) is 6.37. The Hall–Kier alpha value is -3.27. The molecule has 0 bridgehead atoms. The Labute approximate surface area is 264 Å². The summed E-state index contributed by atoms with van der Waals surface area (Å²) in [5, 5.41) is 3.89. The van der Waals surface area contributed by atoms with Crippen LogP contribution in [0.25, 0.3) is 0 Å². The lowest BCUT2D eigenvalue weighted by molar-refractivity contribution is -0.140. The van der Waals surface area contributed by atoms with Crippen molar-refractivity contribution in [2.24, 2.45) is 0 Å². The van der Waals surface area contributed by atoms with E-state index in [4.69, 9.17) is 27.9 Å². The maximum Gasteiger partial charge on any atom is 0.264 e. The molecule has 3 aromatic carbocycles. The lowest BCUT2D eigenvalue weighted by Crippen LogP contribution is -2.53. The van der Waals surface area contributed by atoms with Crippen molar-refractivity contribution in [2.75, 3.05) is 18.0 Å². The number of aryl methyl sites for hydroxylation is 1. The van der Waals surface area contributed by atoms with E-state index in [9.17, 15) is 18.0 Å². The summed E-state index contributed by atoms with van der Waals surface area (Å²) in [7, 11) is -2.70. The molecule has 0 aromatic heterocycles. The van der Waals surface area contributed by atoms with Crippen LogP contribution >= 0.6 is 23.2 Å². The van der Waals surface area contributed by atoms with Crippen LogP contribution in [-0.2, 0) is 26.2 Å². The van der Waals surface area contributed by atoms with E-state index in [1.54, 1.807) is 54.6 Å². The van der Waals surface area contributed by atoms with Gasteiger partial charge in [0.05, 0.1) is 17.7 Å². The number of hydrogen-bond acceptors (Lipinski definition) is 5. The van der Waals surface area contributed by atoms with Crippen LogP contribution in [0.1, 0.15) is 50.2 Å². The normalized spacial score (nSPS) is 14.3. The number of nitrogens with one attached hydrogen (secondary N) is 1. The first-order valence-electron chi connectivity index (χ1n) is 14.3. The second kappa shape index (κ2) is 14.5. The molecule has 0 aliphatic heterocycles. The van der Waals surface area contributed by atoms with Crippen LogP contribution < -0.4 is 14.4 Å². The number of benzene rings is 3. The zero-order chi connectivity index (χ0) is 31.1. The van der Waals surface area contributed by atoms with Crippen LogP contribution in [0.4, 0.5) is 5.69 Å². The highest BCUT2D eigenvalue weighted by Gasteiger charge is 2.35. The highest BCUT2D eigenvalue weighted by atomic mass is 35.5. The molecule has 1 fully saturated rings. The Balaban J connectivity index is 1.73. The molecule has 0 saturated heterocycles. The lowest BCUT2D eigenvalue weighted by Gasteiger charge is -2.34. The van der Waals surface area contributed by atoms with Gasteiger partial charge in [-0.3, -0.25) is 13.9 Å². The van der Waals surface area contributed by atoms with Gasteiger partial charge in [-0.1, -0.05) is 66.7 Å². The number of carbonyl (C=O) groups is 2. The summed E-state index contributed by atoms with van der Waals surface area (Å²) in [6.45, 7) is 3.18. The average molecular weight is 647 g/mol. The number of nitrogens with zero attached hydrogens (tertiary/aromatic N) is 2. The van der Waals surface area contributed by atoms with Crippen LogP contribution in [0.2, 0.25) is 10.0 Å². The molecule has 1 atom stereocenters. The third kappa shape index (κ3) is 8.02. The van der Waals surface area contributed by atoms with Crippen LogP contribution in [-0.4, -0.2) is 50.9 Å². The van der Waals surface area contributed by atoms with E-state index >= 15 is 0 Å². The highest BCUT2D eigenvalue weighted by Crippen LogP contribution is 2.28. The zero-order valence-electron chi connectivity index (χ0n) is 24.6. The van der Waals surface area contributed by atoms with Gasteiger partial charge in [-0.15, -0.1) is 0 Å². The molecular formula is C32H37Cl2N3O5S. The van der Waals surface area contributed by atoms with Crippen LogP contribution in [0, 0.1) is 6.92 Å². The summed E-state index contributed by atoms with van der Waals surface area (Å²) in [4.78, 5) is 29.2. The second-order valence-electron chi connectivity index (χ2n) is 10.7. The monoisotopic (exact) mass is 645 g/mol. The van der Waals surface area contributed by atoms with Crippen LogP contribution in [0.15, 0.2) is 71.6 Å². The molecule has 0 heterocycles. The van der Waals surface area contributed by atoms with E-state index in [0.29, 0.717) is 33.5 Å². The van der Waals surface area contributed by atoms with Gasteiger partial charge >= 0.3 is 0 Å². The number of halogens is 2. The molecule has 1 aliphatic rings. The molecule has 0 radical (unpaired) electrons. The third-order valence-electron chi connectivity index (χ3n) is 7.69. The molecule has 1 saturated carbocycles. The van der Waals surface area contributed by atoms with Gasteiger partial charge in [0, 0.05) is 22.6 Å². The summed E-state index contributed by atoms with van der Waals surface area (Å²) >= 11 is 12.6. The van der Waals surface area contributed by atoms with Gasteiger partial charge in [0.15, 0.2) is 0 Å². The Kier molecular flexibility index (Phi) is 11.0. The predicted molar refractivity (Wildman–Crippen MR) is 170 cm³/mol. The van der Waals surface area contributed by atoms with Crippen molar-refractivity contribution in [1.82, 2.24) is 10.2 Å². The molecule has 11 heteroatoms. The number of rotatable bonds is 12. The second-order valence-corrected chi connectivity index (χ2v) is 13.4. The maximum absolute atomic E-state index is 14.2. The number of methoxy groups -OCH3 is 1. The maximum atomic E-state index is 14.2. The van der Waals surface area contributed by atoms with Crippen molar-refractivity contribution in [2.45, 2.75) is 69.5 Å². The number of sulfonamides is 1. The van der Waals surface area contributed by atoms with Crippen molar-refractivity contribution < 1.29 is 22.7 Å². The van der Waals surface area contributed by atoms with Crippen molar-refractivity contribution in [3.63, 3.8) is 0 Å². The molecule has 0 unspecified atom stereocenters. The number of amides is 2. The van der Waals surface area contributed by atoms with Gasteiger partial charge in [0.1, 0.15) is 18.3 Å². The average Bonchev–Trinajstić information content (AvgIpc) is 3.50. The fraction of sp³-hybridized carbons (Fsp3) is 0.375. The minimum absolute atomic E-state index is 0.0000105. The Morgan fingerprint density at radius 1 is 1.00 bits per heavy atom. The van der Waals surface area contributed by atoms with Gasteiger partial charge in [-0.25, -0.2) is 8.42 Å². The van der Waals surface area contributed by atoms with E-state index in [2.05, 4.69) is 5.32 Å². The third-order valence-corrected chi connectivity index (χ3v) is 10.1. The SMILES string of the molecule is CC[C@H](C(=O)NC1CCCC1)N(Cc1ccc(Cl)cc1Cl)C(=O)CN(c1ccc(C)cc1)S(=O)(=O)c1ccc(OC)cc1. The molecule has 1 N–H and O–H groups in total. The molecule has 8 nitrogen and oxygen atoms in total. The van der Waals surface area contributed by atoms with Crippen molar-refractivity contribution in [3.05, 3.63) is 87.9 Å². The first kappa shape index (κ1) is 32.6. The summed E-state index contributed by atoms with van der Waals surface area (Å²) in [6, 6.07) is 17.0. The molecular weight excluding hydrogens is 609 g/mol. The van der Waals surface area contributed by atoms with Gasteiger partial charge in [-0.05, 0) is 80.3 Å². The number of anilines is 1. The first-order chi connectivity index (χ1) is 20.5. The van der Waals surface area contributed by atoms with Gasteiger partial charge in [0.25, 0.3) is 10.0 Å². The molecule has 1 aliphatic carbocycles. The fourth-order valence-corrected chi connectivity index (χ4v) is 7.12.